The predicted molar refractivity (Wildman–Crippen MR) is 41.1 cm³/mol. The molecule has 0 saturated heterocycles. The third-order valence-electron chi connectivity index (χ3n) is 1.24. The van der Waals surface area contributed by atoms with Crippen LogP contribution in [0.15, 0.2) is 0 Å². The van der Waals surface area contributed by atoms with Gasteiger partial charge in [-0.3, -0.25) is 4.79 Å². The minimum absolute atomic E-state index is 0.402. The van der Waals surface area contributed by atoms with Gasteiger partial charge in [0.1, 0.15) is 12.4 Å². The quantitative estimate of drug-likeness (QED) is 0.347. The van der Waals surface area contributed by atoms with Gasteiger partial charge in [-0.25, -0.2) is 0 Å². The van der Waals surface area contributed by atoms with Crippen LogP contribution in [0.2, 0.25) is 0 Å². The fourth-order valence-electron chi connectivity index (χ4n) is 0.737. The summed E-state index contributed by atoms with van der Waals surface area (Å²) in [5.74, 6) is -0.465. The lowest BCUT2D eigenvalue weighted by molar-refractivity contribution is -0.144. The van der Waals surface area contributed by atoms with Crippen molar-refractivity contribution >= 4 is 12.3 Å². The zero-order chi connectivity index (χ0) is 9.40. The van der Waals surface area contributed by atoms with E-state index in [1.165, 1.54) is 6.92 Å². The minimum Gasteiger partial charge on any atom is -0.447 e. The maximum Gasteiger partial charge on any atom is 0.303 e. The van der Waals surface area contributed by atoms with E-state index in [1.54, 1.807) is 0 Å². The van der Waals surface area contributed by atoms with Crippen LogP contribution in [-0.4, -0.2) is 18.4 Å². The van der Waals surface area contributed by atoms with Gasteiger partial charge in [0.2, 0.25) is 0 Å². The molecule has 0 spiro atoms. The number of nitriles is 1. The second kappa shape index (κ2) is 6.35. The van der Waals surface area contributed by atoms with Crippen LogP contribution >= 0.6 is 0 Å². The highest BCUT2D eigenvalue weighted by molar-refractivity contribution is 5.66. The van der Waals surface area contributed by atoms with Gasteiger partial charge in [-0.2, -0.15) is 5.26 Å². The molecule has 0 saturated carbocycles. The van der Waals surface area contributed by atoms with Crippen LogP contribution in [0.5, 0.6) is 0 Å². The molecule has 0 N–H and O–H groups in total. The van der Waals surface area contributed by atoms with Crippen LogP contribution in [0.25, 0.3) is 0 Å². The monoisotopic (exact) mass is 169 g/mol. The second-order valence-corrected chi connectivity index (χ2v) is 2.32. The van der Waals surface area contributed by atoms with Gasteiger partial charge < -0.3 is 9.53 Å². The molecule has 0 aromatic heterocycles. The zero-order valence-electron chi connectivity index (χ0n) is 6.95. The number of hydrogen-bond donors (Lipinski definition) is 0. The summed E-state index contributed by atoms with van der Waals surface area (Å²) in [4.78, 5) is 20.3. The van der Waals surface area contributed by atoms with E-state index in [4.69, 9.17) is 5.26 Å². The molecule has 12 heavy (non-hydrogen) atoms. The molecular weight excluding hydrogens is 158 g/mol. The van der Waals surface area contributed by atoms with Crippen LogP contribution in [-0.2, 0) is 14.3 Å². The Morgan fingerprint density at radius 2 is 2.42 bits per heavy atom. The van der Waals surface area contributed by atoms with Crippen molar-refractivity contribution in [3.63, 3.8) is 0 Å². The SMILES string of the molecule is CC(=O)OC(C#N)CCCC=O. The number of ether oxygens (including phenoxy) is 1. The molecule has 0 aromatic carbocycles. The molecule has 1 atom stereocenters. The number of nitrogens with zero attached hydrogens (tertiary/aromatic N) is 1. The van der Waals surface area contributed by atoms with Gasteiger partial charge >= 0.3 is 5.97 Å². The molecule has 66 valence electrons. The van der Waals surface area contributed by atoms with Crippen LogP contribution in [0.3, 0.4) is 0 Å². The van der Waals surface area contributed by atoms with E-state index in [1.807, 2.05) is 6.07 Å². The molecule has 0 amide bonds. The lowest BCUT2D eigenvalue weighted by Gasteiger charge is -2.06. The van der Waals surface area contributed by atoms with Gasteiger partial charge in [0.25, 0.3) is 0 Å². The number of esters is 1. The first-order valence-electron chi connectivity index (χ1n) is 3.71. The molecular formula is C8H11NO3. The van der Waals surface area contributed by atoms with E-state index >= 15 is 0 Å². The molecule has 0 bridgehead atoms. The first-order chi connectivity index (χ1) is 5.70. The number of unbranched alkanes of at least 4 members (excludes halogenated alkanes) is 1. The van der Waals surface area contributed by atoms with Crippen molar-refractivity contribution in [2.45, 2.75) is 32.3 Å². The smallest absolute Gasteiger partial charge is 0.303 e. The Bertz CT molecular complexity index is 195. The Balaban J connectivity index is 3.62. The van der Waals surface area contributed by atoms with E-state index < -0.39 is 12.1 Å². The molecule has 0 aliphatic heterocycles. The maximum atomic E-state index is 10.4. The summed E-state index contributed by atoms with van der Waals surface area (Å²) in [5, 5.41) is 8.46. The Kier molecular flexibility index (Phi) is 5.62. The Morgan fingerprint density at radius 1 is 1.75 bits per heavy atom. The Morgan fingerprint density at radius 3 is 2.83 bits per heavy atom. The highest BCUT2D eigenvalue weighted by Gasteiger charge is 2.08. The zero-order valence-corrected chi connectivity index (χ0v) is 6.95. The van der Waals surface area contributed by atoms with Crippen LogP contribution in [0, 0.1) is 11.3 Å². The third-order valence-corrected chi connectivity index (χ3v) is 1.24. The molecule has 0 heterocycles. The van der Waals surface area contributed by atoms with Gasteiger partial charge in [-0.05, 0) is 12.8 Å². The van der Waals surface area contributed by atoms with E-state index in [2.05, 4.69) is 4.74 Å². The van der Waals surface area contributed by atoms with E-state index in [0.717, 1.165) is 6.29 Å². The van der Waals surface area contributed by atoms with Gasteiger partial charge in [0.05, 0.1) is 0 Å². The third kappa shape index (κ3) is 5.42. The van der Waals surface area contributed by atoms with Crippen molar-refractivity contribution in [2.24, 2.45) is 0 Å². The van der Waals surface area contributed by atoms with Gasteiger partial charge in [0, 0.05) is 13.3 Å². The second-order valence-electron chi connectivity index (χ2n) is 2.32. The number of hydrogen-bond acceptors (Lipinski definition) is 4. The largest absolute Gasteiger partial charge is 0.447 e. The number of rotatable bonds is 5. The molecule has 0 rings (SSSR count). The molecule has 1 unspecified atom stereocenters. The van der Waals surface area contributed by atoms with Crippen LogP contribution < -0.4 is 0 Å². The summed E-state index contributed by atoms with van der Waals surface area (Å²) in [6, 6.07) is 1.83. The fraction of sp³-hybridized carbons (Fsp3) is 0.625. The molecule has 4 nitrogen and oxygen atoms in total. The fourth-order valence-corrected chi connectivity index (χ4v) is 0.737. The van der Waals surface area contributed by atoms with Crippen LogP contribution in [0.1, 0.15) is 26.2 Å². The highest BCUT2D eigenvalue weighted by atomic mass is 16.5. The molecule has 0 radical (unpaired) electrons. The lowest BCUT2D eigenvalue weighted by Crippen LogP contribution is -2.13. The summed E-state index contributed by atoms with van der Waals surface area (Å²) in [7, 11) is 0. The Labute approximate surface area is 71.1 Å². The summed E-state index contributed by atoms with van der Waals surface area (Å²) in [5.41, 5.74) is 0. The molecule has 0 aliphatic carbocycles. The average Bonchev–Trinajstić information content (AvgIpc) is 2.02. The topological polar surface area (TPSA) is 67.2 Å². The number of carbonyl (C=O) groups excluding carboxylic acids is 2. The normalized spacial score (nSPS) is 11.3. The van der Waals surface area contributed by atoms with Gasteiger partial charge in [0.15, 0.2) is 6.10 Å². The number of carbonyl (C=O) groups is 2. The number of aldehydes is 1. The molecule has 0 aliphatic rings. The van der Waals surface area contributed by atoms with Crippen molar-refractivity contribution in [3.8, 4) is 6.07 Å². The molecule has 4 heteroatoms. The predicted octanol–water partition coefficient (Wildman–Crippen LogP) is 0.811. The maximum absolute atomic E-state index is 10.4. The lowest BCUT2D eigenvalue weighted by atomic mass is 10.2. The van der Waals surface area contributed by atoms with Crippen molar-refractivity contribution in [2.75, 3.05) is 0 Å². The molecule has 0 fully saturated rings. The van der Waals surface area contributed by atoms with Crippen molar-refractivity contribution in [3.05, 3.63) is 0 Å². The molecule has 0 aromatic rings. The van der Waals surface area contributed by atoms with Gasteiger partial charge in [-0.1, -0.05) is 0 Å². The summed E-state index contributed by atoms with van der Waals surface area (Å²) < 4.78 is 4.63. The minimum atomic E-state index is -0.706. The average molecular weight is 169 g/mol. The van der Waals surface area contributed by atoms with Gasteiger partial charge in [-0.15, -0.1) is 0 Å². The van der Waals surface area contributed by atoms with Crippen molar-refractivity contribution in [1.82, 2.24) is 0 Å². The van der Waals surface area contributed by atoms with E-state index in [0.29, 0.717) is 19.3 Å². The standard InChI is InChI=1S/C8H11NO3/c1-7(11)12-8(6-9)4-2-3-5-10/h5,8H,2-4H2,1H3. The first kappa shape index (κ1) is 10.6. The first-order valence-corrected chi connectivity index (χ1v) is 3.71. The summed E-state index contributed by atoms with van der Waals surface area (Å²) >= 11 is 0. The van der Waals surface area contributed by atoms with Crippen molar-refractivity contribution < 1.29 is 14.3 Å². The van der Waals surface area contributed by atoms with Crippen molar-refractivity contribution in [1.29, 1.82) is 5.26 Å². The van der Waals surface area contributed by atoms with E-state index in [-0.39, 0.29) is 0 Å². The van der Waals surface area contributed by atoms with Crippen LogP contribution in [0.4, 0.5) is 0 Å². The van der Waals surface area contributed by atoms with E-state index in [9.17, 15) is 9.59 Å². The summed E-state index contributed by atoms with van der Waals surface area (Å²) in [6.07, 6.45) is 1.48. The highest BCUT2D eigenvalue weighted by Crippen LogP contribution is 2.03. The Hall–Kier alpha value is -1.37. The summed E-state index contributed by atoms with van der Waals surface area (Å²) in [6.45, 7) is 1.25.